The van der Waals surface area contributed by atoms with Crippen LogP contribution in [0.1, 0.15) is 11.7 Å². The first kappa shape index (κ1) is 12.5. The number of aliphatic hydroxyl groups excluding tert-OH is 1. The topological polar surface area (TPSA) is 75.4 Å². The molecule has 1 rings (SSSR count). The van der Waals surface area contributed by atoms with Crippen LogP contribution in [0.3, 0.4) is 0 Å². The van der Waals surface area contributed by atoms with E-state index < -0.39 is 28.3 Å². The van der Waals surface area contributed by atoms with Crippen LogP contribution in [-0.2, 0) is 0 Å². The Morgan fingerprint density at radius 1 is 1.50 bits per heavy atom. The molecule has 0 aromatic heterocycles. The minimum absolute atomic E-state index is 0.00587. The van der Waals surface area contributed by atoms with E-state index in [1.54, 1.807) is 0 Å². The van der Waals surface area contributed by atoms with Crippen molar-refractivity contribution in [1.82, 2.24) is 5.32 Å². The van der Waals surface area contributed by atoms with Gasteiger partial charge in [-0.05, 0) is 13.1 Å². The molecule has 16 heavy (non-hydrogen) atoms. The minimum Gasteiger partial charge on any atom is -0.387 e. The normalized spacial score (nSPS) is 12.5. The summed E-state index contributed by atoms with van der Waals surface area (Å²) < 4.78 is 25.7. The van der Waals surface area contributed by atoms with Gasteiger partial charge < -0.3 is 10.4 Å². The number of likely N-dealkylation sites (N-methyl/N-ethyl adjacent to an activating group) is 1. The first-order chi connectivity index (χ1) is 7.47. The Bertz CT molecular complexity index is 412. The predicted octanol–water partition coefficient (Wildman–Crippen LogP) is 1.13. The molecular weight excluding hydrogens is 222 g/mol. The number of aliphatic hydroxyl groups is 1. The lowest BCUT2D eigenvalue weighted by Crippen LogP contribution is -2.18. The van der Waals surface area contributed by atoms with Crippen molar-refractivity contribution >= 4 is 5.69 Å². The van der Waals surface area contributed by atoms with Gasteiger partial charge in [-0.25, -0.2) is 8.78 Å². The third-order valence-corrected chi connectivity index (χ3v) is 2.02. The summed E-state index contributed by atoms with van der Waals surface area (Å²) in [5, 5.41) is 22.7. The number of nitro benzene ring substituents is 1. The van der Waals surface area contributed by atoms with Gasteiger partial charge in [-0.15, -0.1) is 0 Å². The lowest BCUT2D eigenvalue weighted by Gasteiger charge is -2.10. The van der Waals surface area contributed by atoms with E-state index in [-0.39, 0.29) is 12.1 Å². The van der Waals surface area contributed by atoms with Gasteiger partial charge in [0.2, 0.25) is 0 Å². The smallest absolute Gasteiger partial charge is 0.278 e. The van der Waals surface area contributed by atoms with Gasteiger partial charge >= 0.3 is 0 Å². The Morgan fingerprint density at radius 3 is 2.56 bits per heavy atom. The Morgan fingerprint density at radius 2 is 2.06 bits per heavy atom. The van der Waals surface area contributed by atoms with Crippen molar-refractivity contribution in [2.75, 3.05) is 13.6 Å². The molecule has 0 aliphatic carbocycles. The maximum absolute atomic E-state index is 12.9. The van der Waals surface area contributed by atoms with Gasteiger partial charge in [-0.1, -0.05) is 0 Å². The van der Waals surface area contributed by atoms with E-state index in [1.165, 1.54) is 7.05 Å². The zero-order valence-electron chi connectivity index (χ0n) is 8.41. The lowest BCUT2D eigenvalue weighted by atomic mass is 10.1. The van der Waals surface area contributed by atoms with Crippen molar-refractivity contribution in [3.8, 4) is 0 Å². The molecule has 0 bridgehead atoms. The molecule has 2 N–H and O–H groups in total. The number of hydrogen-bond donors (Lipinski definition) is 2. The lowest BCUT2D eigenvalue weighted by molar-refractivity contribution is -0.386. The molecule has 0 amide bonds. The van der Waals surface area contributed by atoms with Crippen LogP contribution in [0.25, 0.3) is 0 Å². The highest BCUT2D eigenvalue weighted by Crippen LogP contribution is 2.27. The van der Waals surface area contributed by atoms with E-state index in [1.807, 2.05) is 0 Å². The number of benzene rings is 1. The van der Waals surface area contributed by atoms with E-state index in [2.05, 4.69) is 5.32 Å². The summed E-state index contributed by atoms with van der Waals surface area (Å²) in [4.78, 5) is 9.71. The molecule has 1 aromatic rings. The number of hydrogen-bond acceptors (Lipinski definition) is 4. The molecule has 7 heteroatoms. The van der Waals surface area contributed by atoms with Crippen molar-refractivity contribution in [3.63, 3.8) is 0 Å². The second-order valence-corrected chi connectivity index (χ2v) is 3.16. The number of nitrogens with one attached hydrogen (secondary N) is 1. The fourth-order valence-corrected chi connectivity index (χ4v) is 1.28. The molecule has 0 spiro atoms. The molecule has 1 unspecified atom stereocenters. The van der Waals surface area contributed by atoms with Gasteiger partial charge in [0.25, 0.3) is 5.69 Å². The largest absolute Gasteiger partial charge is 0.387 e. The molecule has 0 aliphatic rings. The molecule has 1 aromatic carbocycles. The second kappa shape index (κ2) is 4.95. The van der Waals surface area contributed by atoms with Crippen LogP contribution < -0.4 is 5.32 Å². The number of nitro groups is 1. The fraction of sp³-hybridized carbons (Fsp3) is 0.333. The third-order valence-electron chi connectivity index (χ3n) is 2.02. The van der Waals surface area contributed by atoms with Gasteiger partial charge in [0.05, 0.1) is 22.7 Å². The summed E-state index contributed by atoms with van der Waals surface area (Å²) in [6.45, 7) is 0.00587. The fourth-order valence-electron chi connectivity index (χ4n) is 1.28. The summed E-state index contributed by atoms with van der Waals surface area (Å²) >= 11 is 0. The molecule has 0 fully saturated rings. The Balaban J connectivity index is 3.24. The average Bonchev–Trinajstić information content (AvgIpc) is 2.21. The van der Waals surface area contributed by atoms with E-state index >= 15 is 0 Å². The molecule has 0 saturated carbocycles. The van der Waals surface area contributed by atoms with Crippen LogP contribution in [0, 0.1) is 21.7 Å². The monoisotopic (exact) mass is 232 g/mol. The van der Waals surface area contributed by atoms with Crippen LogP contribution in [0.15, 0.2) is 12.1 Å². The molecule has 5 nitrogen and oxygen atoms in total. The standard InChI is InChI=1S/C9H10F2N2O3/c1-12-4-9(14)5-2-6(10)7(11)3-8(5)13(15)16/h2-3,9,12,14H,4H2,1H3. The van der Waals surface area contributed by atoms with E-state index in [0.29, 0.717) is 12.1 Å². The number of nitrogens with zero attached hydrogens (tertiary/aromatic N) is 1. The van der Waals surface area contributed by atoms with Crippen molar-refractivity contribution in [2.45, 2.75) is 6.10 Å². The molecular formula is C9H10F2N2O3. The Kier molecular flexibility index (Phi) is 3.86. The van der Waals surface area contributed by atoms with Gasteiger partial charge in [0.15, 0.2) is 11.6 Å². The maximum atomic E-state index is 12.9. The highest BCUT2D eigenvalue weighted by atomic mass is 19.2. The van der Waals surface area contributed by atoms with Gasteiger partial charge in [0.1, 0.15) is 0 Å². The highest BCUT2D eigenvalue weighted by Gasteiger charge is 2.23. The van der Waals surface area contributed by atoms with E-state index in [0.717, 1.165) is 0 Å². The van der Waals surface area contributed by atoms with Crippen molar-refractivity contribution < 1.29 is 18.8 Å². The van der Waals surface area contributed by atoms with E-state index in [9.17, 15) is 24.0 Å². The molecule has 1 atom stereocenters. The minimum atomic E-state index is -1.31. The average molecular weight is 232 g/mol. The van der Waals surface area contributed by atoms with Crippen LogP contribution in [0.5, 0.6) is 0 Å². The first-order valence-electron chi connectivity index (χ1n) is 4.43. The van der Waals surface area contributed by atoms with Crippen molar-refractivity contribution in [2.24, 2.45) is 0 Å². The highest BCUT2D eigenvalue weighted by molar-refractivity contribution is 5.42. The molecule has 88 valence electrons. The zero-order valence-corrected chi connectivity index (χ0v) is 8.41. The molecule has 0 aliphatic heterocycles. The van der Waals surface area contributed by atoms with Crippen LogP contribution >= 0.6 is 0 Å². The van der Waals surface area contributed by atoms with Gasteiger partial charge in [-0.2, -0.15) is 0 Å². The van der Waals surface area contributed by atoms with Crippen LogP contribution in [0.2, 0.25) is 0 Å². The van der Waals surface area contributed by atoms with Crippen molar-refractivity contribution in [3.05, 3.63) is 39.4 Å². The Hall–Kier alpha value is -1.60. The van der Waals surface area contributed by atoms with Crippen LogP contribution in [-0.4, -0.2) is 23.6 Å². The summed E-state index contributed by atoms with van der Waals surface area (Å²) in [6, 6.07) is 1.10. The molecule has 0 heterocycles. The number of halogens is 2. The third kappa shape index (κ3) is 2.50. The summed E-state index contributed by atoms with van der Waals surface area (Å²) in [7, 11) is 1.52. The quantitative estimate of drug-likeness (QED) is 0.602. The summed E-state index contributed by atoms with van der Waals surface area (Å²) in [6.07, 6.45) is -1.26. The van der Waals surface area contributed by atoms with E-state index in [4.69, 9.17) is 0 Å². The predicted molar refractivity (Wildman–Crippen MR) is 51.9 cm³/mol. The van der Waals surface area contributed by atoms with Crippen LogP contribution in [0.4, 0.5) is 14.5 Å². The maximum Gasteiger partial charge on any atom is 0.278 e. The van der Waals surface area contributed by atoms with Gasteiger partial charge in [0, 0.05) is 6.54 Å². The summed E-state index contributed by atoms with van der Waals surface area (Å²) in [5.74, 6) is -2.54. The zero-order chi connectivity index (χ0) is 12.3. The SMILES string of the molecule is CNCC(O)c1cc(F)c(F)cc1[N+](=O)[O-]. The van der Waals surface area contributed by atoms with Gasteiger partial charge in [-0.3, -0.25) is 10.1 Å². The first-order valence-corrected chi connectivity index (χ1v) is 4.43. The van der Waals surface area contributed by atoms with Crippen molar-refractivity contribution in [1.29, 1.82) is 0 Å². The number of rotatable bonds is 4. The molecule has 0 saturated heterocycles. The molecule has 0 radical (unpaired) electrons. The second-order valence-electron chi connectivity index (χ2n) is 3.16. The summed E-state index contributed by atoms with van der Waals surface area (Å²) in [5.41, 5.74) is -0.889. The Labute approximate surface area is 89.9 Å².